The number of carbonyl (C=O) groups excluding carboxylic acids is 1. The van der Waals surface area contributed by atoms with Gasteiger partial charge in [-0.15, -0.1) is 0 Å². The van der Waals surface area contributed by atoms with E-state index in [1.54, 1.807) is 0 Å². The Morgan fingerprint density at radius 1 is 1.10 bits per heavy atom. The molecule has 0 heterocycles. The number of aliphatic hydroxyl groups is 1. The van der Waals surface area contributed by atoms with Gasteiger partial charge in [0.2, 0.25) is 0 Å². The zero-order chi connectivity index (χ0) is 14.8. The second-order valence-corrected chi connectivity index (χ2v) is 8.66. The minimum absolute atomic E-state index is 0.0857. The first-order valence-corrected chi connectivity index (χ1v) is 8.85. The molecule has 4 aliphatic rings. The average Bonchev–Trinajstić information content (AvgIpc) is 2.76. The fourth-order valence-electron chi connectivity index (χ4n) is 6.61. The molecule has 7 atom stereocenters. The predicted octanol–water partition coefficient (Wildman–Crippen LogP) is 3.74. The molecule has 0 aromatic carbocycles. The lowest BCUT2D eigenvalue weighted by Crippen LogP contribution is -2.52. The fraction of sp³-hybridized carbons (Fsp3) is 0.842. The highest BCUT2D eigenvalue weighted by atomic mass is 16.3. The van der Waals surface area contributed by atoms with Gasteiger partial charge in [0, 0.05) is 6.42 Å². The average molecular weight is 288 g/mol. The molecule has 0 amide bonds. The van der Waals surface area contributed by atoms with Gasteiger partial charge in [0.15, 0.2) is 5.78 Å². The topological polar surface area (TPSA) is 37.3 Å². The Kier molecular flexibility index (Phi) is 2.96. The largest absolute Gasteiger partial charge is 0.393 e. The zero-order valence-electron chi connectivity index (χ0n) is 13.3. The molecule has 3 fully saturated rings. The molecule has 4 rings (SSSR count). The van der Waals surface area contributed by atoms with Crippen molar-refractivity contribution in [3.63, 3.8) is 0 Å². The van der Waals surface area contributed by atoms with Crippen molar-refractivity contribution in [3.8, 4) is 0 Å². The molecule has 2 heteroatoms. The van der Waals surface area contributed by atoms with E-state index in [-0.39, 0.29) is 16.9 Å². The molecule has 0 aromatic heterocycles. The molecule has 0 aliphatic heterocycles. The van der Waals surface area contributed by atoms with E-state index in [2.05, 4.69) is 19.9 Å². The van der Waals surface area contributed by atoms with Crippen LogP contribution in [0.15, 0.2) is 12.2 Å². The quantitative estimate of drug-likeness (QED) is 0.737. The van der Waals surface area contributed by atoms with Gasteiger partial charge >= 0.3 is 0 Å². The third-order valence-electron chi connectivity index (χ3n) is 7.99. The number of hydrogen-bond acceptors (Lipinski definition) is 2. The molecular weight excluding hydrogens is 260 g/mol. The van der Waals surface area contributed by atoms with Crippen molar-refractivity contribution in [2.45, 2.75) is 64.9 Å². The maximum Gasteiger partial charge on any atom is 0.155 e. The second-order valence-electron chi connectivity index (χ2n) is 8.66. The van der Waals surface area contributed by atoms with Gasteiger partial charge in [0.05, 0.1) is 6.10 Å². The third-order valence-corrected chi connectivity index (χ3v) is 7.99. The lowest BCUT2D eigenvalue weighted by molar-refractivity contribution is -0.123. The minimum Gasteiger partial charge on any atom is -0.393 e. The van der Waals surface area contributed by atoms with E-state index in [4.69, 9.17) is 0 Å². The van der Waals surface area contributed by atoms with E-state index in [0.717, 1.165) is 24.7 Å². The molecule has 21 heavy (non-hydrogen) atoms. The summed E-state index contributed by atoms with van der Waals surface area (Å²) in [6.45, 7) is 4.74. The molecular formula is C19H28O2. The Bertz CT molecular complexity index is 496. The molecule has 1 N–H and O–H groups in total. The van der Waals surface area contributed by atoms with Crippen LogP contribution in [0.1, 0.15) is 58.8 Å². The lowest BCUT2D eigenvalue weighted by atomic mass is 9.46. The minimum atomic E-state index is -0.0857. The van der Waals surface area contributed by atoms with Crippen molar-refractivity contribution in [2.75, 3.05) is 0 Å². The molecule has 0 unspecified atom stereocenters. The van der Waals surface area contributed by atoms with Gasteiger partial charge in [0.25, 0.3) is 0 Å². The summed E-state index contributed by atoms with van der Waals surface area (Å²) in [6.07, 6.45) is 11.9. The van der Waals surface area contributed by atoms with E-state index >= 15 is 0 Å². The van der Waals surface area contributed by atoms with Crippen molar-refractivity contribution in [3.05, 3.63) is 12.2 Å². The molecule has 4 aliphatic carbocycles. The first kappa shape index (κ1) is 14.0. The van der Waals surface area contributed by atoms with Crippen molar-refractivity contribution in [1.29, 1.82) is 0 Å². The number of fused-ring (bicyclic) bond motifs is 5. The van der Waals surface area contributed by atoms with Crippen LogP contribution in [0.25, 0.3) is 0 Å². The van der Waals surface area contributed by atoms with E-state index < -0.39 is 0 Å². The summed E-state index contributed by atoms with van der Waals surface area (Å²) in [5.74, 6) is 3.08. The highest BCUT2D eigenvalue weighted by molar-refractivity contribution is 5.91. The number of ketones is 1. The smallest absolute Gasteiger partial charge is 0.155 e. The Balaban J connectivity index is 1.68. The first-order valence-electron chi connectivity index (χ1n) is 8.85. The van der Waals surface area contributed by atoms with Gasteiger partial charge < -0.3 is 5.11 Å². The third kappa shape index (κ3) is 1.78. The summed E-state index contributed by atoms with van der Waals surface area (Å²) >= 11 is 0. The van der Waals surface area contributed by atoms with Crippen LogP contribution in [0.3, 0.4) is 0 Å². The number of hydrogen-bond donors (Lipinski definition) is 1. The maximum absolute atomic E-state index is 11.8. The molecule has 0 radical (unpaired) electrons. The summed E-state index contributed by atoms with van der Waals surface area (Å²) in [7, 11) is 0. The lowest BCUT2D eigenvalue weighted by Gasteiger charge is -2.58. The SMILES string of the molecule is C[C@]12C=CC(=O)C[C@@H]1CC[C@H]1[C@H]3CC[C@@H](O)[C@@]3(C)CC[C@@H]12. The van der Waals surface area contributed by atoms with E-state index in [1.807, 2.05) is 6.08 Å². The number of allylic oxidation sites excluding steroid dienone is 2. The van der Waals surface area contributed by atoms with Gasteiger partial charge in [-0.25, -0.2) is 0 Å². The molecule has 116 valence electrons. The Morgan fingerprint density at radius 2 is 1.90 bits per heavy atom. The monoisotopic (exact) mass is 288 g/mol. The van der Waals surface area contributed by atoms with Crippen molar-refractivity contribution in [2.24, 2.45) is 34.5 Å². The molecule has 0 spiro atoms. The molecule has 0 aromatic rings. The van der Waals surface area contributed by atoms with E-state index in [1.165, 1.54) is 32.1 Å². The van der Waals surface area contributed by atoms with Gasteiger partial charge in [-0.1, -0.05) is 19.9 Å². The summed E-state index contributed by atoms with van der Waals surface area (Å²) < 4.78 is 0. The standard InChI is InChI=1S/C19H28O2/c1-18-9-7-13(20)11-12(18)3-4-14-15-5-6-17(21)19(15,2)10-8-16(14)18/h7,9,12,14-17,21H,3-6,8,10-11H2,1-2H3/t12-,14-,15+,16-,17+,18-,19-/m0/s1. The van der Waals surface area contributed by atoms with Crippen molar-refractivity contribution < 1.29 is 9.90 Å². The van der Waals surface area contributed by atoms with E-state index in [0.29, 0.717) is 17.6 Å². The van der Waals surface area contributed by atoms with Crippen LogP contribution in [-0.4, -0.2) is 17.0 Å². The Labute approximate surface area is 128 Å². The number of rotatable bonds is 0. The predicted molar refractivity (Wildman–Crippen MR) is 82.6 cm³/mol. The number of aliphatic hydroxyl groups excluding tert-OH is 1. The summed E-state index contributed by atoms with van der Waals surface area (Å²) in [5.41, 5.74) is 0.393. The molecule has 0 bridgehead atoms. The van der Waals surface area contributed by atoms with Crippen LogP contribution in [0.4, 0.5) is 0 Å². The van der Waals surface area contributed by atoms with Crippen molar-refractivity contribution in [1.82, 2.24) is 0 Å². The summed E-state index contributed by atoms with van der Waals surface area (Å²) in [6, 6.07) is 0. The van der Waals surface area contributed by atoms with Crippen LogP contribution in [0.5, 0.6) is 0 Å². The normalized spacial score (nSPS) is 55.8. The second kappa shape index (κ2) is 4.44. The van der Waals surface area contributed by atoms with Crippen LogP contribution >= 0.6 is 0 Å². The highest BCUT2D eigenvalue weighted by Gasteiger charge is 2.59. The van der Waals surface area contributed by atoms with Gasteiger partial charge in [-0.2, -0.15) is 0 Å². The van der Waals surface area contributed by atoms with E-state index in [9.17, 15) is 9.90 Å². The fourth-order valence-corrected chi connectivity index (χ4v) is 6.61. The van der Waals surface area contributed by atoms with Crippen LogP contribution < -0.4 is 0 Å². The van der Waals surface area contributed by atoms with Gasteiger partial charge in [-0.05, 0) is 79.1 Å². The maximum atomic E-state index is 11.8. The Hall–Kier alpha value is -0.630. The van der Waals surface area contributed by atoms with Crippen LogP contribution in [-0.2, 0) is 4.79 Å². The van der Waals surface area contributed by atoms with Crippen LogP contribution in [0.2, 0.25) is 0 Å². The van der Waals surface area contributed by atoms with Crippen molar-refractivity contribution >= 4 is 5.78 Å². The summed E-state index contributed by atoms with van der Waals surface area (Å²) in [5, 5.41) is 10.4. The highest BCUT2D eigenvalue weighted by Crippen LogP contribution is 2.64. The number of carbonyl (C=O) groups is 1. The Morgan fingerprint density at radius 3 is 2.71 bits per heavy atom. The molecule has 0 saturated heterocycles. The molecule has 3 saturated carbocycles. The first-order chi connectivity index (χ1) is 9.95. The van der Waals surface area contributed by atoms with Gasteiger partial charge in [0.1, 0.15) is 0 Å². The molecule has 2 nitrogen and oxygen atoms in total. The summed E-state index contributed by atoms with van der Waals surface area (Å²) in [4.78, 5) is 11.8. The zero-order valence-corrected chi connectivity index (χ0v) is 13.3. The van der Waals surface area contributed by atoms with Gasteiger partial charge in [-0.3, -0.25) is 4.79 Å². The van der Waals surface area contributed by atoms with Crippen LogP contribution in [0, 0.1) is 34.5 Å².